The van der Waals surface area contributed by atoms with Crippen molar-refractivity contribution in [2.75, 3.05) is 27.2 Å². The molecule has 6 nitrogen and oxygen atoms in total. The second-order valence-corrected chi connectivity index (χ2v) is 5.14. The molecule has 3 N–H and O–H groups in total. The lowest BCUT2D eigenvalue weighted by molar-refractivity contribution is 0.0948. The summed E-state index contributed by atoms with van der Waals surface area (Å²) in [6.45, 7) is 1.28. The predicted molar refractivity (Wildman–Crippen MR) is 89.0 cm³/mol. The first-order chi connectivity index (χ1) is 10.0. The molecule has 22 heavy (non-hydrogen) atoms. The largest absolute Gasteiger partial charge is 0.506 e. The molecule has 0 spiro atoms. The Morgan fingerprint density at radius 3 is 2.68 bits per heavy atom. The van der Waals surface area contributed by atoms with E-state index in [0.29, 0.717) is 17.4 Å². The summed E-state index contributed by atoms with van der Waals surface area (Å²) < 4.78 is 0. The van der Waals surface area contributed by atoms with Gasteiger partial charge in [-0.3, -0.25) is 9.59 Å². The number of aromatic hydroxyl groups is 1. The van der Waals surface area contributed by atoms with Gasteiger partial charge in [0, 0.05) is 11.9 Å². The van der Waals surface area contributed by atoms with E-state index in [1.165, 1.54) is 0 Å². The van der Waals surface area contributed by atoms with Crippen molar-refractivity contribution in [2.45, 2.75) is 6.42 Å². The number of carbonyl (C=O) groups is 1. The summed E-state index contributed by atoms with van der Waals surface area (Å²) in [6, 6.07) is 6.82. The molecule has 0 aliphatic carbocycles. The Morgan fingerprint density at radius 1 is 1.32 bits per heavy atom. The van der Waals surface area contributed by atoms with Gasteiger partial charge in [-0.25, -0.2) is 0 Å². The van der Waals surface area contributed by atoms with Gasteiger partial charge in [-0.2, -0.15) is 0 Å². The van der Waals surface area contributed by atoms with Crippen LogP contribution in [0.15, 0.2) is 29.1 Å². The third kappa shape index (κ3) is 3.99. The van der Waals surface area contributed by atoms with E-state index in [1.807, 2.05) is 19.0 Å². The zero-order valence-corrected chi connectivity index (χ0v) is 13.4. The van der Waals surface area contributed by atoms with Gasteiger partial charge in [-0.05, 0) is 39.2 Å². The average molecular weight is 326 g/mol. The van der Waals surface area contributed by atoms with Crippen molar-refractivity contribution in [3.05, 3.63) is 40.2 Å². The Bertz CT molecular complexity index is 713. The lowest BCUT2D eigenvalue weighted by atomic mass is 10.1. The SMILES string of the molecule is CN(C)CCCNC(=O)c1c(O)c2ccccc2[nH]c1=O.Cl. The number of nitrogens with one attached hydrogen (secondary N) is 2. The summed E-state index contributed by atoms with van der Waals surface area (Å²) in [7, 11) is 3.89. The number of pyridine rings is 1. The van der Waals surface area contributed by atoms with Crippen molar-refractivity contribution < 1.29 is 9.90 Å². The Balaban J connectivity index is 0.00000242. The van der Waals surface area contributed by atoms with Crippen LogP contribution in [-0.4, -0.2) is 48.1 Å². The average Bonchev–Trinajstić information content (AvgIpc) is 2.43. The number of halogens is 1. The Kier molecular flexibility index (Phi) is 6.39. The summed E-state index contributed by atoms with van der Waals surface area (Å²) in [5.41, 5.74) is -0.320. The minimum absolute atomic E-state index is 0. The molecule has 7 heteroatoms. The number of H-pyrrole nitrogens is 1. The summed E-state index contributed by atoms with van der Waals surface area (Å²) in [4.78, 5) is 28.6. The van der Waals surface area contributed by atoms with Gasteiger partial charge in [-0.15, -0.1) is 12.4 Å². The minimum atomic E-state index is -0.587. The molecule has 0 aliphatic heterocycles. The summed E-state index contributed by atoms with van der Waals surface area (Å²) in [5.74, 6) is -0.835. The van der Waals surface area contributed by atoms with Crippen LogP contribution in [0.25, 0.3) is 10.9 Å². The normalized spacial score (nSPS) is 10.5. The topological polar surface area (TPSA) is 85.4 Å². The number of para-hydroxylation sites is 1. The van der Waals surface area contributed by atoms with Gasteiger partial charge in [0.1, 0.15) is 11.3 Å². The van der Waals surface area contributed by atoms with Gasteiger partial charge in [0.2, 0.25) is 0 Å². The van der Waals surface area contributed by atoms with E-state index in [4.69, 9.17) is 0 Å². The molecule has 0 aliphatic rings. The summed E-state index contributed by atoms with van der Waals surface area (Å²) in [5, 5.41) is 13.3. The van der Waals surface area contributed by atoms with E-state index in [0.717, 1.165) is 13.0 Å². The molecule has 0 saturated carbocycles. The van der Waals surface area contributed by atoms with Crippen molar-refractivity contribution in [1.82, 2.24) is 15.2 Å². The highest BCUT2D eigenvalue weighted by atomic mass is 35.5. The zero-order chi connectivity index (χ0) is 15.4. The molecule has 2 aromatic rings. The fraction of sp³-hybridized carbons (Fsp3) is 0.333. The lowest BCUT2D eigenvalue weighted by Crippen LogP contribution is -2.31. The summed E-state index contributed by atoms with van der Waals surface area (Å²) >= 11 is 0. The van der Waals surface area contributed by atoms with Crippen LogP contribution in [0.1, 0.15) is 16.8 Å². The second kappa shape index (κ2) is 7.82. The maximum atomic E-state index is 12.1. The fourth-order valence-electron chi connectivity index (χ4n) is 2.12. The van der Waals surface area contributed by atoms with Crippen LogP contribution in [0.3, 0.4) is 0 Å². The number of nitrogens with zero attached hydrogens (tertiary/aromatic N) is 1. The highest BCUT2D eigenvalue weighted by Gasteiger charge is 2.18. The molecule has 0 fully saturated rings. The van der Waals surface area contributed by atoms with Crippen LogP contribution in [-0.2, 0) is 0 Å². The second-order valence-electron chi connectivity index (χ2n) is 5.14. The number of hydrogen-bond donors (Lipinski definition) is 3. The predicted octanol–water partition coefficient (Wildman–Crippen LogP) is 1.34. The third-order valence-corrected chi connectivity index (χ3v) is 3.19. The fourth-order valence-corrected chi connectivity index (χ4v) is 2.12. The number of rotatable bonds is 5. The van der Waals surface area contributed by atoms with Crippen molar-refractivity contribution in [2.24, 2.45) is 0 Å². The molecule has 0 atom stereocenters. The number of aromatic nitrogens is 1. The van der Waals surface area contributed by atoms with Gasteiger partial charge < -0.3 is 20.3 Å². The molecular formula is C15H20ClN3O3. The van der Waals surface area contributed by atoms with Gasteiger partial charge in [0.25, 0.3) is 11.5 Å². The molecule has 1 aromatic carbocycles. The molecule has 0 unspecified atom stereocenters. The lowest BCUT2D eigenvalue weighted by Gasteiger charge is -2.11. The van der Waals surface area contributed by atoms with Crippen molar-refractivity contribution in [1.29, 1.82) is 0 Å². The number of amides is 1. The van der Waals surface area contributed by atoms with E-state index < -0.39 is 11.5 Å². The first-order valence-corrected chi connectivity index (χ1v) is 6.77. The maximum absolute atomic E-state index is 12.1. The first-order valence-electron chi connectivity index (χ1n) is 6.77. The number of aromatic amines is 1. The quantitative estimate of drug-likeness (QED) is 0.724. The minimum Gasteiger partial charge on any atom is -0.506 e. The molecule has 1 aromatic heterocycles. The van der Waals surface area contributed by atoms with E-state index >= 15 is 0 Å². The van der Waals surface area contributed by atoms with Crippen molar-refractivity contribution >= 4 is 29.2 Å². The summed E-state index contributed by atoms with van der Waals surface area (Å²) in [6.07, 6.45) is 0.769. The maximum Gasteiger partial charge on any atom is 0.265 e. The standard InChI is InChI=1S/C15H19N3O3.ClH/c1-18(2)9-5-8-16-14(20)12-13(19)10-6-3-4-7-11(10)17-15(12)21;/h3-4,6-7H,5,8-9H2,1-2H3,(H,16,20)(H2,17,19,21);1H. The molecule has 1 heterocycles. The third-order valence-electron chi connectivity index (χ3n) is 3.19. The van der Waals surface area contributed by atoms with Gasteiger partial charge in [0.15, 0.2) is 0 Å². The number of carbonyl (C=O) groups excluding carboxylic acids is 1. The molecular weight excluding hydrogens is 306 g/mol. The Labute approximate surface area is 134 Å². The van der Waals surface area contributed by atoms with Crippen LogP contribution in [0.2, 0.25) is 0 Å². The van der Waals surface area contributed by atoms with Gasteiger partial charge in [0.05, 0.1) is 5.52 Å². The van der Waals surface area contributed by atoms with Crippen LogP contribution in [0, 0.1) is 0 Å². The van der Waals surface area contributed by atoms with E-state index in [2.05, 4.69) is 10.3 Å². The van der Waals surface area contributed by atoms with Gasteiger partial charge in [-0.1, -0.05) is 12.1 Å². The van der Waals surface area contributed by atoms with Crippen LogP contribution < -0.4 is 10.9 Å². The van der Waals surface area contributed by atoms with Gasteiger partial charge >= 0.3 is 0 Å². The molecule has 0 bridgehead atoms. The monoisotopic (exact) mass is 325 g/mol. The molecule has 2 rings (SSSR count). The number of fused-ring (bicyclic) bond motifs is 1. The molecule has 0 saturated heterocycles. The highest BCUT2D eigenvalue weighted by molar-refractivity contribution is 6.01. The number of hydrogen-bond acceptors (Lipinski definition) is 4. The van der Waals surface area contributed by atoms with Crippen LogP contribution >= 0.6 is 12.4 Å². The van der Waals surface area contributed by atoms with Crippen molar-refractivity contribution in [3.63, 3.8) is 0 Å². The van der Waals surface area contributed by atoms with Crippen molar-refractivity contribution in [3.8, 4) is 5.75 Å². The van der Waals surface area contributed by atoms with Crippen LogP contribution in [0.4, 0.5) is 0 Å². The molecule has 0 radical (unpaired) electrons. The molecule has 1 amide bonds. The molecule has 120 valence electrons. The van der Waals surface area contributed by atoms with E-state index in [1.54, 1.807) is 24.3 Å². The van der Waals surface area contributed by atoms with E-state index in [-0.39, 0.29) is 23.7 Å². The first kappa shape index (κ1) is 18.0. The number of benzene rings is 1. The zero-order valence-electron chi connectivity index (χ0n) is 12.5. The Hall–Kier alpha value is -2.05. The van der Waals surface area contributed by atoms with Crippen LogP contribution in [0.5, 0.6) is 5.75 Å². The highest BCUT2D eigenvalue weighted by Crippen LogP contribution is 2.24. The van der Waals surface area contributed by atoms with E-state index in [9.17, 15) is 14.7 Å². The Morgan fingerprint density at radius 2 is 2.00 bits per heavy atom. The smallest absolute Gasteiger partial charge is 0.265 e.